The summed E-state index contributed by atoms with van der Waals surface area (Å²) in [6.45, 7) is -0.0786. The molecule has 4 rings (SSSR count). The summed E-state index contributed by atoms with van der Waals surface area (Å²) in [6, 6.07) is 12.8. The van der Waals surface area contributed by atoms with Crippen molar-refractivity contribution < 1.29 is 17.6 Å². The van der Waals surface area contributed by atoms with Gasteiger partial charge in [-0.25, -0.2) is 13.0 Å². The molecule has 0 radical (unpaired) electrons. The molecule has 2 aliphatic rings. The number of anilines is 2. The van der Waals surface area contributed by atoms with E-state index in [2.05, 4.69) is 5.32 Å². The van der Waals surface area contributed by atoms with Crippen LogP contribution < -0.4 is 13.9 Å². The molecule has 0 spiro atoms. The van der Waals surface area contributed by atoms with E-state index in [0.29, 0.717) is 11.4 Å². The summed E-state index contributed by atoms with van der Waals surface area (Å²) >= 11 is 0. The van der Waals surface area contributed by atoms with Gasteiger partial charge in [0.25, 0.3) is 0 Å². The summed E-state index contributed by atoms with van der Waals surface area (Å²) in [5, 5.41) is 2.69. The molecule has 1 heterocycles. The molecule has 0 aromatic heterocycles. The lowest BCUT2D eigenvalue weighted by atomic mass is 10.2. The van der Waals surface area contributed by atoms with Crippen molar-refractivity contribution in [3.8, 4) is 0 Å². The largest absolute Gasteiger partial charge is 0.350 e. The predicted molar refractivity (Wildman–Crippen MR) is 96.5 cm³/mol. The van der Waals surface area contributed by atoms with Gasteiger partial charge >= 0.3 is 10.2 Å². The normalized spacial score (nSPS) is 17.9. The molecule has 0 bridgehead atoms. The second-order valence-corrected chi connectivity index (χ2v) is 8.16. The number of carbonyl (C=O) groups excluding carboxylic acids is 1. The monoisotopic (exact) mass is 375 g/mol. The molecule has 1 N–H and O–H groups in total. The van der Waals surface area contributed by atoms with Crippen molar-refractivity contribution >= 4 is 27.5 Å². The van der Waals surface area contributed by atoms with Crippen LogP contribution in [0.5, 0.6) is 0 Å². The summed E-state index contributed by atoms with van der Waals surface area (Å²) < 4.78 is 41.3. The van der Waals surface area contributed by atoms with E-state index < -0.39 is 16.1 Å². The van der Waals surface area contributed by atoms with Gasteiger partial charge in [-0.3, -0.25) is 4.79 Å². The first-order valence-corrected chi connectivity index (χ1v) is 9.79. The zero-order chi connectivity index (χ0) is 18.3. The molecule has 1 aliphatic heterocycles. The van der Waals surface area contributed by atoms with Crippen LogP contribution in [0, 0.1) is 5.82 Å². The molecule has 2 aromatic carbocycles. The van der Waals surface area contributed by atoms with Gasteiger partial charge in [0.05, 0.1) is 11.4 Å². The van der Waals surface area contributed by atoms with Crippen LogP contribution in [0.15, 0.2) is 48.5 Å². The number of fused-ring (bicyclic) bond motifs is 1. The summed E-state index contributed by atoms with van der Waals surface area (Å²) in [7, 11) is -3.75. The van der Waals surface area contributed by atoms with Gasteiger partial charge in [0.15, 0.2) is 0 Å². The fraction of sp³-hybridized carbons (Fsp3) is 0.278. The maximum Gasteiger partial charge on any atom is 0.327 e. The van der Waals surface area contributed by atoms with Gasteiger partial charge in [0.2, 0.25) is 5.91 Å². The molecule has 0 unspecified atom stereocenters. The first kappa shape index (κ1) is 16.8. The van der Waals surface area contributed by atoms with Crippen molar-refractivity contribution in [2.24, 2.45) is 0 Å². The Balaban J connectivity index is 1.50. The van der Waals surface area contributed by atoms with Crippen LogP contribution in [0.1, 0.15) is 18.4 Å². The third-order valence-corrected chi connectivity index (χ3v) is 6.36. The molecule has 6 nitrogen and oxygen atoms in total. The van der Waals surface area contributed by atoms with E-state index in [1.54, 1.807) is 36.4 Å². The van der Waals surface area contributed by atoms with Gasteiger partial charge in [-0.1, -0.05) is 24.3 Å². The van der Waals surface area contributed by atoms with Crippen molar-refractivity contribution in [1.29, 1.82) is 0 Å². The highest BCUT2D eigenvalue weighted by atomic mass is 32.2. The average Bonchev–Trinajstić information content (AvgIpc) is 3.41. The SMILES string of the molecule is O=C(CN1c2ccccc2N(C2CC2)S1(=O)=O)NCc1ccc(F)cc1. The molecular formula is C18H18FN3O3S. The van der Waals surface area contributed by atoms with Crippen LogP contribution in [-0.4, -0.2) is 26.9 Å². The fourth-order valence-electron chi connectivity index (χ4n) is 3.07. The molecule has 136 valence electrons. The lowest BCUT2D eigenvalue weighted by molar-refractivity contribution is -0.119. The molecule has 1 saturated carbocycles. The predicted octanol–water partition coefficient (Wildman–Crippen LogP) is 2.18. The number of rotatable bonds is 5. The van der Waals surface area contributed by atoms with Crippen molar-refractivity contribution in [2.45, 2.75) is 25.4 Å². The number of para-hydroxylation sites is 2. The van der Waals surface area contributed by atoms with E-state index in [-0.39, 0.29) is 24.9 Å². The second kappa shape index (κ2) is 6.28. The van der Waals surface area contributed by atoms with E-state index in [1.807, 2.05) is 0 Å². The first-order valence-electron chi connectivity index (χ1n) is 8.39. The Bertz CT molecular complexity index is 942. The summed E-state index contributed by atoms with van der Waals surface area (Å²) in [6.07, 6.45) is 1.66. The molecule has 1 amide bonds. The zero-order valence-electron chi connectivity index (χ0n) is 13.9. The van der Waals surface area contributed by atoms with Crippen LogP contribution in [0.2, 0.25) is 0 Å². The van der Waals surface area contributed by atoms with Crippen molar-refractivity contribution in [3.05, 3.63) is 59.9 Å². The number of benzene rings is 2. The highest BCUT2D eigenvalue weighted by molar-refractivity contribution is 7.94. The van der Waals surface area contributed by atoms with Gasteiger partial charge in [-0.15, -0.1) is 0 Å². The van der Waals surface area contributed by atoms with E-state index in [0.717, 1.165) is 22.7 Å². The van der Waals surface area contributed by atoms with Crippen LogP contribution in [0.4, 0.5) is 15.8 Å². The lowest BCUT2D eigenvalue weighted by Crippen LogP contribution is -2.44. The molecule has 0 atom stereocenters. The highest BCUT2D eigenvalue weighted by Gasteiger charge is 2.47. The van der Waals surface area contributed by atoms with Crippen LogP contribution in [-0.2, 0) is 21.5 Å². The first-order chi connectivity index (χ1) is 12.5. The van der Waals surface area contributed by atoms with E-state index in [9.17, 15) is 17.6 Å². The third kappa shape index (κ3) is 3.01. The van der Waals surface area contributed by atoms with Gasteiger partial charge in [-0.2, -0.15) is 8.42 Å². The Kier molecular flexibility index (Phi) is 4.07. The topological polar surface area (TPSA) is 69.7 Å². The number of halogens is 1. The maximum atomic E-state index is 12.9. The number of amides is 1. The fourth-order valence-corrected chi connectivity index (χ4v) is 4.95. The van der Waals surface area contributed by atoms with E-state index >= 15 is 0 Å². The summed E-state index contributed by atoms with van der Waals surface area (Å²) in [5.74, 6) is -0.759. The van der Waals surface area contributed by atoms with Gasteiger partial charge in [0, 0.05) is 12.6 Å². The van der Waals surface area contributed by atoms with Crippen LogP contribution in [0.25, 0.3) is 0 Å². The van der Waals surface area contributed by atoms with Crippen LogP contribution >= 0.6 is 0 Å². The Hall–Kier alpha value is -2.61. The average molecular weight is 375 g/mol. The Morgan fingerprint density at radius 3 is 2.38 bits per heavy atom. The van der Waals surface area contributed by atoms with E-state index in [4.69, 9.17) is 0 Å². The molecule has 26 heavy (non-hydrogen) atoms. The minimum atomic E-state index is -3.75. The minimum Gasteiger partial charge on any atom is -0.350 e. The van der Waals surface area contributed by atoms with E-state index in [1.165, 1.54) is 16.4 Å². The maximum absolute atomic E-state index is 12.9. The molecular weight excluding hydrogens is 357 g/mol. The molecule has 1 fully saturated rings. The smallest absolute Gasteiger partial charge is 0.327 e. The zero-order valence-corrected chi connectivity index (χ0v) is 14.7. The number of nitrogens with one attached hydrogen (secondary N) is 1. The molecule has 2 aromatic rings. The van der Waals surface area contributed by atoms with Crippen molar-refractivity contribution in [3.63, 3.8) is 0 Å². The molecule has 0 saturated heterocycles. The van der Waals surface area contributed by atoms with Gasteiger partial charge in [0.1, 0.15) is 12.4 Å². The summed E-state index contributed by atoms with van der Waals surface area (Å²) in [4.78, 5) is 12.3. The van der Waals surface area contributed by atoms with Crippen molar-refractivity contribution in [2.75, 3.05) is 15.2 Å². The quantitative estimate of drug-likeness (QED) is 0.871. The van der Waals surface area contributed by atoms with Gasteiger partial charge in [-0.05, 0) is 42.7 Å². The molecule has 8 heteroatoms. The Labute approximate surface area is 151 Å². The minimum absolute atomic E-state index is 0.0200. The lowest BCUT2D eigenvalue weighted by Gasteiger charge is -2.21. The number of hydrogen-bond donors (Lipinski definition) is 1. The number of hydrogen-bond acceptors (Lipinski definition) is 3. The standard InChI is InChI=1S/C18H18FN3O3S/c19-14-7-5-13(6-8-14)11-20-18(23)12-21-16-3-1-2-4-17(16)22(15-9-10-15)26(21,24)25/h1-8,15H,9-12H2,(H,20,23). The Morgan fingerprint density at radius 2 is 1.73 bits per heavy atom. The van der Waals surface area contributed by atoms with Crippen LogP contribution in [0.3, 0.4) is 0 Å². The second-order valence-electron chi connectivity index (χ2n) is 6.43. The number of nitrogens with zero attached hydrogens (tertiary/aromatic N) is 2. The molecule has 1 aliphatic carbocycles. The van der Waals surface area contributed by atoms with Crippen molar-refractivity contribution in [1.82, 2.24) is 5.32 Å². The van der Waals surface area contributed by atoms with Gasteiger partial charge < -0.3 is 5.32 Å². The third-order valence-electron chi connectivity index (χ3n) is 4.48. The summed E-state index contributed by atoms with van der Waals surface area (Å²) in [5.41, 5.74) is 1.89. The number of carbonyl (C=O) groups is 1. The highest BCUT2D eigenvalue weighted by Crippen LogP contribution is 2.46. The Morgan fingerprint density at radius 1 is 1.08 bits per heavy atom.